The van der Waals surface area contributed by atoms with Gasteiger partial charge in [0.05, 0.1) is 18.3 Å². The van der Waals surface area contributed by atoms with Gasteiger partial charge in [0.2, 0.25) is 0 Å². The summed E-state index contributed by atoms with van der Waals surface area (Å²) in [6, 6.07) is 5.45. The fraction of sp³-hybridized carbons (Fsp3) is 0.533. The van der Waals surface area contributed by atoms with E-state index in [0.29, 0.717) is 37.2 Å². The van der Waals surface area contributed by atoms with Gasteiger partial charge in [-0.15, -0.1) is 0 Å². The summed E-state index contributed by atoms with van der Waals surface area (Å²) < 4.78 is 5.25. The maximum Gasteiger partial charge on any atom is 0.173 e. The lowest BCUT2D eigenvalue weighted by Crippen LogP contribution is -2.39. The molecule has 1 aromatic rings. The van der Waals surface area contributed by atoms with Crippen LogP contribution in [0.1, 0.15) is 37.8 Å². The molecule has 0 amide bonds. The van der Waals surface area contributed by atoms with Crippen LogP contribution >= 0.6 is 0 Å². The van der Waals surface area contributed by atoms with E-state index in [4.69, 9.17) is 15.7 Å². The largest absolute Gasteiger partial charge is 0.496 e. The standard InChI is InChI=1S/C15H25N3O3/c1-4-15(19,5-2)10-17-9-11-6-7-12(14(16)18-20)13(8-11)21-3/h6-8,17,19-20H,4-5,9-10H2,1-3H3,(H2,16,18). The lowest BCUT2D eigenvalue weighted by atomic mass is 9.97. The third-order valence-electron chi connectivity index (χ3n) is 3.75. The summed E-state index contributed by atoms with van der Waals surface area (Å²) in [5.74, 6) is 0.559. The number of nitrogens with zero attached hydrogens (tertiary/aromatic N) is 1. The first-order valence-corrected chi connectivity index (χ1v) is 7.07. The Bertz CT molecular complexity index is 485. The van der Waals surface area contributed by atoms with Crippen LogP contribution in [0.5, 0.6) is 5.75 Å². The Morgan fingerprint density at radius 1 is 1.38 bits per heavy atom. The maximum atomic E-state index is 10.2. The molecule has 0 spiro atoms. The molecular weight excluding hydrogens is 270 g/mol. The molecule has 6 heteroatoms. The minimum atomic E-state index is -0.669. The molecule has 0 aliphatic heterocycles. The van der Waals surface area contributed by atoms with Crippen LogP contribution in [0, 0.1) is 0 Å². The Labute approximate surface area is 125 Å². The maximum absolute atomic E-state index is 10.2. The highest BCUT2D eigenvalue weighted by Gasteiger charge is 2.21. The molecule has 0 aliphatic carbocycles. The van der Waals surface area contributed by atoms with E-state index >= 15 is 0 Å². The molecule has 21 heavy (non-hydrogen) atoms. The van der Waals surface area contributed by atoms with Gasteiger partial charge >= 0.3 is 0 Å². The van der Waals surface area contributed by atoms with Gasteiger partial charge in [0.1, 0.15) is 5.75 Å². The summed E-state index contributed by atoms with van der Waals surface area (Å²) in [6.45, 7) is 5.08. The third kappa shape index (κ3) is 4.61. The molecule has 0 saturated carbocycles. The highest BCUT2D eigenvalue weighted by atomic mass is 16.5. The number of nitrogens with one attached hydrogen (secondary N) is 1. The van der Waals surface area contributed by atoms with E-state index < -0.39 is 5.60 Å². The summed E-state index contributed by atoms with van der Waals surface area (Å²) in [5, 5.41) is 25.2. The Kier molecular flexibility index (Phi) is 6.45. The van der Waals surface area contributed by atoms with Gasteiger partial charge in [-0.3, -0.25) is 0 Å². The fourth-order valence-electron chi connectivity index (χ4n) is 2.05. The number of methoxy groups -OCH3 is 1. The van der Waals surface area contributed by atoms with Gasteiger partial charge in [-0.25, -0.2) is 0 Å². The lowest BCUT2D eigenvalue weighted by Gasteiger charge is -2.25. The predicted molar refractivity (Wildman–Crippen MR) is 82.7 cm³/mol. The normalized spacial score (nSPS) is 12.5. The smallest absolute Gasteiger partial charge is 0.173 e. The number of nitrogens with two attached hydrogens (primary N) is 1. The highest BCUT2D eigenvalue weighted by molar-refractivity contribution is 5.99. The number of ether oxygens (including phenoxy) is 1. The topological polar surface area (TPSA) is 100 Å². The van der Waals surface area contributed by atoms with Crippen LogP contribution in [0.25, 0.3) is 0 Å². The summed E-state index contributed by atoms with van der Waals surface area (Å²) in [5.41, 5.74) is 6.46. The summed E-state index contributed by atoms with van der Waals surface area (Å²) in [4.78, 5) is 0. The first kappa shape index (κ1) is 17.3. The average molecular weight is 295 g/mol. The molecule has 0 aliphatic rings. The second-order valence-corrected chi connectivity index (χ2v) is 5.05. The van der Waals surface area contributed by atoms with Crippen molar-refractivity contribution in [2.45, 2.75) is 38.8 Å². The molecule has 0 saturated heterocycles. The molecule has 0 aromatic heterocycles. The van der Waals surface area contributed by atoms with Gasteiger partial charge in [0.25, 0.3) is 0 Å². The summed E-state index contributed by atoms with van der Waals surface area (Å²) in [7, 11) is 1.54. The zero-order chi connectivity index (χ0) is 15.9. The van der Waals surface area contributed by atoms with Crippen LogP contribution in [0.15, 0.2) is 23.4 Å². The van der Waals surface area contributed by atoms with Crippen LogP contribution in [-0.4, -0.2) is 35.4 Å². The van der Waals surface area contributed by atoms with E-state index in [1.807, 2.05) is 26.0 Å². The van der Waals surface area contributed by atoms with E-state index in [0.717, 1.165) is 5.56 Å². The number of hydrogen-bond donors (Lipinski definition) is 4. The molecular formula is C15H25N3O3. The number of amidine groups is 1. The predicted octanol–water partition coefficient (Wildman–Crippen LogP) is 1.43. The zero-order valence-corrected chi connectivity index (χ0v) is 12.9. The molecule has 5 N–H and O–H groups in total. The molecule has 118 valence electrons. The van der Waals surface area contributed by atoms with E-state index in [9.17, 15) is 5.11 Å². The molecule has 0 bridgehead atoms. The number of benzene rings is 1. The van der Waals surface area contributed by atoms with Crippen molar-refractivity contribution >= 4 is 5.84 Å². The quantitative estimate of drug-likeness (QED) is 0.252. The van der Waals surface area contributed by atoms with Crippen LogP contribution < -0.4 is 15.8 Å². The summed E-state index contributed by atoms with van der Waals surface area (Å²) in [6.07, 6.45) is 1.42. The second-order valence-electron chi connectivity index (χ2n) is 5.05. The molecule has 0 heterocycles. The fourth-order valence-corrected chi connectivity index (χ4v) is 2.05. The Balaban J connectivity index is 2.73. The first-order valence-electron chi connectivity index (χ1n) is 7.07. The van der Waals surface area contributed by atoms with Crippen LogP contribution in [0.2, 0.25) is 0 Å². The lowest BCUT2D eigenvalue weighted by molar-refractivity contribution is 0.0323. The van der Waals surface area contributed by atoms with Gasteiger partial charge in [0, 0.05) is 13.1 Å². The van der Waals surface area contributed by atoms with Gasteiger partial charge in [-0.05, 0) is 30.5 Å². The number of oxime groups is 1. The minimum absolute atomic E-state index is 0.0118. The van der Waals surface area contributed by atoms with E-state index in [2.05, 4.69) is 10.5 Å². The van der Waals surface area contributed by atoms with Crippen molar-refractivity contribution in [2.75, 3.05) is 13.7 Å². The van der Waals surface area contributed by atoms with Crippen molar-refractivity contribution in [1.82, 2.24) is 5.32 Å². The molecule has 0 radical (unpaired) electrons. The van der Waals surface area contributed by atoms with Crippen LogP contribution in [-0.2, 0) is 6.54 Å². The highest BCUT2D eigenvalue weighted by Crippen LogP contribution is 2.20. The second kappa shape index (κ2) is 7.85. The molecule has 1 aromatic carbocycles. The molecule has 6 nitrogen and oxygen atoms in total. The van der Waals surface area contributed by atoms with Gasteiger partial charge in [-0.1, -0.05) is 25.1 Å². The molecule has 0 fully saturated rings. The van der Waals surface area contributed by atoms with E-state index in [-0.39, 0.29) is 5.84 Å². The van der Waals surface area contributed by atoms with E-state index in [1.54, 1.807) is 6.07 Å². The first-order chi connectivity index (χ1) is 9.99. The van der Waals surface area contributed by atoms with Crippen molar-refractivity contribution in [3.05, 3.63) is 29.3 Å². The third-order valence-corrected chi connectivity index (χ3v) is 3.75. The van der Waals surface area contributed by atoms with Crippen molar-refractivity contribution in [3.63, 3.8) is 0 Å². The number of hydrogen-bond acceptors (Lipinski definition) is 5. The SMILES string of the molecule is CCC(O)(CC)CNCc1ccc(/C(N)=N/O)c(OC)c1. The van der Waals surface area contributed by atoms with Crippen LogP contribution in [0.3, 0.4) is 0 Å². The van der Waals surface area contributed by atoms with Gasteiger partial charge < -0.3 is 26.1 Å². The molecule has 0 atom stereocenters. The Morgan fingerprint density at radius 2 is 2.05 bits per heavy atom. The molecule has 1 rings (SSSR count). The van der Waals surface area contributed by atoms with E-state index in [1.165, 1.54) is 7.11 Å². The number of aliphatic hydroxyl groups is 1. The average Bonchev–Trinajstić information content (AvgIpc) is 2.53. The monoisotopic (exact) mass is 295 g/mol. The Hall–Kier alpha value is -1.79. The van der Waals surface area contributed by atoms with Gasteiger partial charge in [0.15, 0.2) is 5.84 Å². The minimum Gasteiger partial charge on any atom is -0.496 e. The van der Waals surface area contributed by atoms with Crippen molar-refractivity contribution in [3.8, 4) is 5.75 Å². The van der Waals surface area contributed by atoms with Crippen molar-refractivity contribution < 1.29 is 15.1 Å². The Morgan fingerprint density at radius 3 is 2.57 bits per heavy atom. The molecule has 0 unspecified atom stereocenters. The van der Waals surface area contributed by atoms with Crippen molar-refractivity contribution in [1.29, 1.82) is 0 Å². The number of rotatable bonds is 8. The zero-order valence-electron chi connectivity index (χ0n) is 12.9. The van der Waals surface area contributed by atoms with Gasteiger partial charge in [-0.2, -0.15) is 0 Å². The van der Waals surface area contributed by atoms with Crippen molar-refractivity contribution in [2.24, 2.45) is 10.9 Å². The summed E-state index contributed by atoms with van der Waals surface area (Å²) >= 11 is 0. The van der Waals surface area contributed by atoms with Crippen LogP contribution in [0.4, 0.5) is 0 Å².